The highest BCUT2D eigenvalue weighted by Gasteiger charge is 2.27. The van der Waals surface area contributed by atoms with E-state index in [2.05, 4.69) is 20.7 Å². The van der Waals surface area contributed by atoms with Crippen molar-refractivity contribution >= 4 is 17.7 Å². The third-order valence-electron chi connectivity index (χ3n) is 5.14. The topological polar surface area (TPSA) is 133 Å². The summed E-state index contributed by atoms with van der Waals surface area (Å²) in [5.41, 5.74) is 4.62. The summed E-state index contributed by atoms with van der Waals surface area (Å²) < 4.78 is 1.51. The van der Waals surface area contributed by atoms with Crippen LogP contribution in [0.5, 0.6) is 0 Å². The summed E-state index contributed by atoms with van der Waals surface area (Å²) in [5, 5.41) is 28.6. The lowest BCUT2D eigenvalue weighted by Gasteiger charge is -2.14. The zero-order valence-corrected chi connectivity index (χ0v) is 16.6. The van der Waals surface area contributed by atoms with Crippen molar-refractivity contribution in [3.05, 3.63) is 65.1 Å². The molecule has 1 aromatic carbocycles. The molecule has 0 unspecified atom stereocenters. The van der Waals surface area contributed by atoms with Crippen LogP contribution in [0.2, 0.25) is 0 Å². The quantitative estimate of drug-likeness (QED) is 0.529. The average Bonchev–Trinajstić information content (AvgIpc) is 3.16. The van der Waals surface area contributed by atoms with Crippen molar-refractivity contribution in [2.75, 3.05) is 11.9 Å². The number of amides is 2. The number of pyridine rings is 1. The van der Waals surface area contributed by atoms with Crippen LogP contribution in [0.1, 0.15) is 33.6 Å². The standard InChI is InChI=1S/C22H20N6O3/c23-12-14-3-1-4-16(11-14)26-22(31)25-8-2-10-28-20(21(29)30)18-6-5-15-13-24-9-7-17(15)19(18)27-28/h1,3-4,7,9,11,13H,2,5-6,8,10H2,(H,29,30)(H2,25,26,31). The lowest BCUT2D eigenvalue weighted by Crippen LogP contribution is -2.30. The third-order valence-corrected chi connectivity index (χ3v) is 5.14. The van der Waals surface area contributed by atoms with Crippen LogP contribution < -0.4 is 10.6 Å². The minimum atomic E-state index is -1.01. The SMILES string of the molecule is N#Cc1cccc(NC(=O)NCCCn2nc3c(c2C(=O)O)CCc2cnccc2-3)c1. The zero-order valence-electron chi connectivity index (χ0n) is 16.6. The van der Waals surface area contributed by atoms with E-state index in [0.717, 1.165) is 23.1 Å². The Hall–Kier alpha value is -4.19. The number of carboxylic acid groups (broad SMARTS) is 1. The first-order valence-electron chi connectivity index (χ1n) is 9.88. The summed E-state index contributed by atoms with van der Waals surface area (Å²) in [6.45, 7) is 0.702. The number of benzene rings is 1. The molecule has 0 atom stereocenters. The van der Waals surface area contributed by atoms with Gasteiger partial charge in [-0.05, 0) is 49.1 Å². The predicted octanol–water partition coefficient (Wildman–Crippen LogP) is 2.83. The molecular weight excluding hydrogens is 396 g/mol. The number of carbonyl (C=O) groups excluding carboxylic acids is 1. The molecule has 1 aliphatic rings. The van der Waals surface area contributed by atoms with Gasteiger partial charge in [0, 0.05) is 42.3 Å². The van der Waals surface area contributed by atoms with Crippen molar-refractivity contribution in [3.63, 3.8) is 0 Å². The maximum absolute atomic E-state index is 12.1. The van der Waals surface area contributed by atoms with E-state index in [9.17, 15) is 14.7 Å². The van der Waals surface area contributed by atoms with Gasteiger partial charge in [-0.25, -0.2) is 9.59 Å². The first kappa shape index (κ1) is 20.1. The molecular formula is C22H20N6O3. The molecule has 31 heavy (non-hydrogen) atoms. The van der Waals surface area contributed by atoms with Gasteiger partial charge in [-0.15, -0.1) is 0 Å². The summed E-state index contributed by atoms with van der Waals surface area (Å²) >= 11 is 0. The molecule has 156 valence electrons. The maximum atomic E-state index is 12.1. The van der Waals surface area contributed by atoms with Crippen LogP contribution >= 0.6 is 0 Å². The fourth-order valence-corrected chi connectivity index (χ4v) is 3.74. The maximum Gasteiger partial charge on any atom is 0.354 e. The summed E-state index contributed by atoms with van der Waals surface area (Å²) in [4.78, 5) is 28.1. The minimum Gasteiger partial charge on any atom is -0.477 e. The molecule has 2 amide bonds. The number of urea groups is 1. The molecule has 9 heteroatoms. The highest BCUT2D eigenvalue weighted by Crippen LogP contribution is 2.34. The Kier molecular flexibility index (Phi) is 5.62. The monoisotopic (exact) mass is 416 g/mol. The summed E-state index contributed by atoms with van der Waals surface area (Å²) in [6, 6.07) is 10.1. The van der Waals surface area contributed by atoms with Gasteiger partial charge in [-0.1, -0.05) is 6.07 Å². The first-order chi connectivity index (χ1) is 15.1. The van der Waals surface area contributed by atoms with Crippen molar-refractivity contribution in [2.45, 2.75) is 25.8 Å². The first-order valence-corrected chi connectivity index (χ1v) is 9.88. The fourth-order valence-electron chi connectivity index (χ4n) is 3.74. The Morgan fingerprint density at radius 2 is 2.13 bits per heavy atom. The molecule has 2 aromatic heterocycles. The van der Waals surface area contributed by atoms with E-state index in [1.54, 1.807) is 36.7 Å². The number of hydrogen-bond acceptors (Lipinski definition) is 5. The van der Waals surface area contributed by atoms with E-state index in [-0.39, 0.29) is 5.69 Å². The lowest BCUT2D eigenvalue weighted by molar-refractivity contribution is 0.0681. The molecule has 0 saturated carbocycles. The predicted molar refractivity (Wildman–Crippen MR) is 113 cm³/mol. The summed E-state index contributed by atoms with van der Waals surface area (Å²) in [7, 11) is 0. The van der Waals surface area contributed by atoms with Crippen LogP contribution in [0.25, 0.3) is 11.3 Å². The van der Waals surface area contributed by atoms with Gasteiger partial charge in [0.05, 0.1) is 17.3 Å². The number of nitrogens with zero attached hydrogens (tertiary/aromatic N) is 4. The Morgan fingerprint density at radius 3 is 2.94 bits per heavy atom. The molecule has 0 saturated heterocycles. The Labute approximate surface area is 178 Å². The molecule has 0 radical (unpaired) electrons. The molecule has 0 spiro atoms. The van der Waals surface area contributed by atoms with Crippen molar-refractivity contribution in [3.8, 4) is 17.3 Å². The van der Waals surface area contributed by atoms with E-state index in [1.165, 1.54) is 4.68 Å². The zero-order chi connectivity index (χ0) is 21.8. The van der Waals surface area contributed by atoms with Gasteiger partial charge in [0.15, 0.2) is 0 Å². The van der Waals surface area contributed by atoms with Crippen LogP contribution in [0.4, 0.5) is 10.5 Å². The van der Waals surface area contributed by atoms with Crippen molar-refractivity contribution in [2.24, 2.45) is 0 Å². The van der Waals surface area contributed by atoms with Crippen LogP contribution in [0.15, 0.2) is 42.7 Å². The van der Waals surface area contributed by atoms with E-state index in [1.807, 2.05) is 12.1 Å². The third kappa shape index (κ3) is 4.23. The van der Waals surface area contributed by atoms with Crippen LogP contribution in [0.3, 0.4) is 0 Å². The van der Waals surface area contributed by atoms with Crippen molar-refractivity contribution < 1.29 is 14.7 Å². The molecule has 3 N–H and O–H groups in total. The number of fused-ring (bicyclic) bond motifs is 3. The van der Waals surface area contributed by atoms with Crippen LogP contribution in [0, 0.1) is 11.3 Å². The van der Waals surface area contributed by atoms with E-state index >= 15 is 0 Å². The molecule has 4 rings (SSSR count). The Morgan fingerprint density at radius 1 is 1.26 bits per heavy atom. The van der Waals surface area contributed by atoms with Crippen LogP contribution in [-0.4, -0.2) is 38.4 Å². The number of hydrogen-bond donors (Lipinski definition) is 3. The van der Waals surface area contributed by atoms with Crippen LogP contribution in [-0.2, 0) is 19.4 Å². The summed E-state index contributed by atoms with van der Waals surface area (Å²) in [6.07, 6.45) is 5.33. The van der Waals surface area contributed by atoms with Gasteiger partial charge in [0.2, 0.25) is 0 Å². The number of nitriles is 1. The van der Waals surface area contributed by atoms with Gasteiger partial charge in [0.25, 0.3) is 0 Å². The van der Waals surface area contributed by atoms with Gasteiger partial charge >= 0.3 is 12.0 Å². The second kappa shape index (κ2) is 8.67. The van der Waals surface area contributed by atoms with Crippen molar-refractivity contribution in [1.82, 2.24) is 20.1 Å². The van der Waals surface area contributed by atoms with E-state index in [0.29, 0.717) is 42.9 Å². The number of aromatic nitrogens is 3. The largest absolute Gasteiger partial charge is 0.477 e. The highest BCUT2D eigenvalue weighted by molar-refractivity contribution is 5.91. The molecule has 0 aliphatic heterocycles. The average molecular weight is 416 g/mol. The number of rotatable bonds is 6. The number of carbonyl (C=O) groups is 2. The number of anilines is 1. The second-order valence-corrected chi connectivity index (χ2v) is 7.16. The fraction of sp³-hybridized carbons (Fsp3) is 0.227. The second-order valence-electron chi connectivity index (χ2n) is 7.16. The van der Waals surface area contributed by atoms with Gasteiger partial charge in [0.1, 0.15) is 5.69 Å². The molecule has 2 heterocycles. The van der Waals surface area contributed by atoms with E-state index in [4.69, 9.17) is 5.26 Å². The summed E-state index contributed by atoms with van der Waals surface area (Å²) in [5.74, 6) is -1.01. The lowest BCUT2D eigenvalue weighted by atomic mass is 9.90. The molecule has 0 fully saturated rings. The normalized spacial score (nSPS) is 11.7. The van der Waals surface area contributed by atoms with Gasteiger partial charge in [-0.3, -0.25) is 9.67 Å². The van der Waals surface area contributed by atoms with Gasteiger partial charge < -0.3 is 15.7 Å². The van der Waals surface area contributed by atoms with E-state index < -0.39 is 12.0 Å². The number of carboxylic acids is 1. The van der Waals surface area contributed by atoms with Crippen molar-refractivity contribution in [1.29, 1.82) is 5.26 Å². The molecule has 1 aliphatic carbocycles. The number of aromatic carboxylic acids is 1. The number of nitrogens with one attached hydrogen (secondary N) is 2. The molecule has 0 bridgehead atoms. The van der Waals surface area contributed by atoms with Gasteiger partial charge in [-0.2, -0.15) is 10.4 Å². The Bertz CT molecular complexity index is 1190. The molecule has 3 aromatic rings. The highest BCUT2D eigenvalue weighted by atomic mass is 16.4. The smallest absolute Gasteiger partial charge is 0.354 e. The molecule has 9 nitrogen and oxygen atoms in total. The number of aryl methyl sites for hydroxylation is 2. The minimum absolute atomic E-state index is 0.204. The Balaban J connectivity index is 1.39.